The summed E-state index contributed by atoms with van der Waals surface area (Å²) in [7, 11) is 1.64. The number of aromatic nitrogens is 2. The molecule has 124 valence electrons. The van der Waals surface area contributed by atoms with E-state index in [0.717, 1.165) is 28.2 Å². The van der Waals surface area contributed by atoms with Crippen LogP contribution in [0, 0.1) is 5.82 Å². The predicted octanol–water partition coefficient (Wildman–Crippen LogP) is 4.90. The van der Waals surface area contributed by atoms with Gasteiger partial charge in [0.15, 0.2) is 0 Å². The lowest BCUT2D eigenvalue weighted by molar-refractivity contribution is 0.415. The maximum Gasteiger partial charge on any atom is 0.141 e. The lowest BCUT2D eigenvalue weighted by atomic mass is 10.1. The molecule has 0 radical (unpaired) electrons. The van der Waals surface area contributed by atoms with Crippen molar-refractivity contribution in [2.75, 3.05) is 7.11 Å². The van der Waals surface area contributed by atoms with Gasteiger partial charge >= 0.3 is 0 Å². The van der Waals surface area contributed by atoms with Gasteiger partial charge in [-0.3, -0.25) is 0 Å². The second-order valence-corrected chi connectivity index (χ2v) is 5.83. The van der Waals surface area contributed by atoms with E-state index in [4.69, 9.17) is 9.72 Å². The van der Waals surface area contributed by atoms with Gasteiger partial charge in [0.1, 0.15) is 17.4 Å². The van der Waals surface area contributed by atoms with Crippen molar-refractivity contribution in [1.82, 2.24) is 9.55 Å². The highest BCUT2D eigenvalue weighted by Gasteiger charge is 2.14. The van der Waals surface area contributed by atoms with Crippen molar-refractivity contribution in [3.8, 4) is 17.1 Å². The Balaban J connectivity index is 1.87. The van der Waals surface area contributed by atoms with E-state index < -0.39 is 0 Å². The smallest absolute Gasteiger partial charge is 0.141 e. The van der Waals surface area contributed by atoms with Crippen LogP contribution in [0.3, 0.4) is 0 Å². The molecular weight excluding hydrogens is 315 g/mol. The van der Waals surface area contributed by atoms with Crippen molar-refractivity contribution in [2.45, 2.75) is 6.54 Å². The second kappa shape index (κ2) is 6.40. The van der Waals surface area contributed by atoms with Crippen molar-refractivity contribution in [1.29, 1.82) is 0 Å². The molecular formula is C21H17FN2O. The van der Waals surface area contributed by atoms with Gasteiger partial charge in [-0.25, -0.2) is 9.37 Å². The van der Waals surface area contributed by atoms with Crippen LogP contribution in [0.4, 0.5) is 4.39 Å². The highest BCUT2D eigenvalue weighted by atomic mass is 19.1. The Morgan fingerprint density at radius 2 is 1.64 bits per heavy atom. The first-order chi connectivity index (χ1) is 12.3. The number of hydrogen-bond donors (Lipinski definition) is 0. The summed E-state index contributed by atoms with van der Waals surface area (Å²) in [5.74, 6) is 1.40. The lowest BCUT2D eigenvalue weighted by Gasteiger charge is -2.11. The van der Waals surface area contributed by atoms with Gasteiger partial charge in [-0.15, -0.1) is 0 Å². The van der Waals surface area contributed by atoms with Crippen LogP contribution in [0.2, 0.25) is 0 Å². The Kier molecular flexibility index (Phi) is 3.94. The molecule has 0 unspecified atom stereocenters. The van der Waals surface area contributed by atoms with E-state index in [1.807, 2.05) is 60.7 Å². The molecule has 1 heterocycles. The number of para-hydroxylation sites is 2. The molecule has 0 aliphatic heterocycles. The van der Waals surface area contributed by atoms with Crippen LogP contribution in [-0.4, -0.2) is 16.7 Å². The standard InChI is InChI=1S/C21H17FN2O/c1-25-17-12-10-15(11-13-17)21-23-19-8-4-5-9-20(19)24(21)14-16-6-2-3-7-18(16)22/h2-13H,14H2,1H3. The predicted molar refractivity (Wildman–Crippen MR) is 97.2 cm³/mol. The number of halogens is 1. The lowest BCUT2D eigenvalue weighted by Crippen LogP contribution is -2.04. The van der Waals surface area contributed by atoms with Crippen LogP contribution in [0.1, 0.15) is 5.56 Å². The summed E-state index contributed by atoms with van der Waals surface area (Å²) in [5, 5.41) is 0. The maximum atomic E-state index is 14.2. The van der Waals surface area contributed by atoms with Crippen molar-refractivity contribution in [2.24, 2.45) is 0 Å². The van der Waals surface area contributed by atoms with Crippen molar-refractivity contribution >= 4 is 11.0 Å². The molecule has 4 heteroatoms. The van der Waals surface area contributed by atoms with Crippen molar-refractivity contribution in [3.05, 3.63) is 84.2 Å². The van der Waals surface area contributed by atoms with Gasteiger partial charge in [-0.1, -0.05) is 30.3 Å². The zero-order valence-electron chi connectivity index (χ0n) is 13.8. The molecule has 0 amide bonds. The van der Waals surface area contributed by atoms with E-state index in [1.54, 1.807) is 13.2 Å². The zero-order valence-corrected chi connectivity index (χ0v) is 13.8. The number of ether oxygens (including phenoxy) is 1. The molecule has 0 saturated heterocycles. The minimum atomic E-state index is -0.207. The van der Waals surface area contributed by atoms with Gasteiger partial charge in [-0.05, 0) is 42.5 Å². The third-order valence-electron chi connectivity index (χ3n) is 4.29. The van der Waals surface area contributed by atoms with Gasteiger partial charge in [0.05, 0.1) is 24.7 Å². The molecule has 3 aromatic carbocycles. The van der Waals surface area contributed by atoms with E-state index >= 15 is 0 Å². The molecule has 3 nitrogen and oxygen atoms in total. The first kappa shape index (κ1) is 15.4. The maximum absolute atomic E-state index is 14.2. The SMILES string of the molecule is COc1ccc(-c2nc3ccccc3n2Cc2ccccc2F)cc1. The average Bonchev–Trinajstić information content (AvgIpc) is 3.02. The Hall–Kier alpha value is -3.14. The number of rotatable bonds is 4. The fraction of sp³-hybridized carbons (Fsp3) is 0.0952. The average molecular weight is 332 g/mol. The third-order valence-corrected chi connectivity index (χ3v) is 4.29. The molecule has 0 aliphatic carbocycles. The van der Waals surface area contributed by atoms with Crippen LogP contribution in [-0.2, 0) is 6.54 Å². The van der Waals surface area contributed by atoms with Gasteiger partial charge in [0, 0.05) is 11.1 Å². The summed E-state index contributed by atoms with van der Waals surface area (Å²) in [6.07, 6.45) is 0. The summed E-state index contributed by atoms with van der Waals surface area (Å²) in [6.45, 7) is 0.425. The van der Waals surface area contributed by atoms with Crippen molar-refractivity contribution < 1.29 is 9.13 Å². The van der Waals surface area contributed by atoms with Crippen LogP contribution in [0.15, 0.2) is 72.8 Å². The Morgan fingerprint density at radius 3 is 2.40 bits per heavy atom. The van der Waals surface area contributed by atoms with E-state index in [2.05, 4.69) is 4.57 Å². The summed E-state index contributed by atoms with van der Waals surface area (Å²) < 4.78 is 21.4. The molecule has 0 saturated carbocycles. The zero-order chi connectivity index (χ0) is 17.2. The quantitative estimate of drug-likeness (QED) is 0.531. The first-order valence-electron chi connectivity index (χ1n) is 8.09. The molecule has 0 N–H and O–H groups in total. The molecule has 0 atom stereocenters. The normalized spacial score (nSPS) is 11.0. The summed E-state index contributed by atoms with van der Waals surface area (Å²) >= 11 is 0. The summed E-state index contributed by atoms with van der Waals surface area (Å²) in [5.41, 5.74) is 3.48. The van der Waals surface area contributed by atoms with E-state index in [-0.39, 0.29) is 5.82 Å². The Labute approximate surface area is 145 Å². The van der Waals surface area contributed by atoms with Crippen LogP contribution in [0.25, 0.3) is 22.4 Å². The molecule has 0 spiro atoms. The number of fused-ring (bicyclic) bond motifs is 1. The highest BCUT2D eigenvalue weighted by molar-refractivity contribution is 5.80. The fourth-order valence-corrected chi connectivity index (χ4v) is 2.99. The van der Waals surface area contributed by atoms with Gasteiger partial charge < -0.3 is 9.30 Å². The topological polar surface area (TPSA) is 27.1 Å². The van der Waals surface area contributed by atoms with Gasteiger partial charge in [-0.2, -0.15) is 0 Å². The molecule has 0 fully saturated rings. The van der Waals surface area contributed by atoms with Crippen molar-refractivity contribution in [3.63, 3.8) is 0 Å². The number of hydrogen-bond acceptors (Lipinski definition) is 2. The summed E-state index contributed by atoms with van der Waals surface area (Å²) in [6, 6.07) is 22.5. The fourth-order valence-electron chi connectivity index (χ4n) is 2.99. The number of benzene rings is 3. The number of nitrogens with zero attached hydrogens (tertiary/aromatic N) is 2. The molecule has 1 aromatic heterocycles. The number of methoxy groups -OCH3 is 1. The van der Waals surface area contributed by atoms with Gasteiger partial charge in [0.25, 0.3) is 0 Å². The molecule has 25 heavy (non-hydrogen) atoms. The highest BCUT2D eigenvalue weighted by Crippen LogP contribution is 2.27. The third kappa shape index (κ3) is 2.87. The Bertz CT molecular complexity index is 1020. The molecule has 0 bridgehead atoms. The minimum Gasteiger partial charge on any atom is -0.497 e. The second-order valence-electron chi connectivity index (χ2n) is 5.83. The molecule has 4 rings (SSSR count). The summed E-state index contributed by atoms with van der Waals surface area (Å²) in [4.78, 5) is 4.76. The minimum absolute atomic E-state index is 0.207. The van der Waals surface area contributed by atoms with Crippen LogP contribution < -0.4 is 4.74 Å². The van der Waals surface area contributed by atoms with Crippen LogP contribution >= 0.6 is 0 Å². The molecule has 4 aromatic rings. The largest absolute Gasteiger partial charge is 0.497 e. The monoisotopic (exact) mass is 332 g/mol. The number of imidazole rings is 1. The first-order valence-corrected chi connectivity index (χ1v) is 8.09. The van der Waals surface area contributed by atoms with E-state index in [9.17, 15) is 4.39 Å². The van der Waals surface area contributed by atoms with Crippen LogP contribution in [0.5, 0.6) is 5.75 Å². The van der Waals surface area contributed by atoms with E-state index in [0.29, 0.717) is 12.1 Å². The van der Waals surface area contributed by atoms with Gasteiger partial charge in [0.2, 0.25) is 0 Å². The molecule has 0 aliphatic rings. The Morgan fingerprint density at radius 1 is 0.920 bits per heavy atom. The van der Waals surface area contributed by atoms with E-state index in [1.165, 1.54) is 6.07 Å².